The Hall–Kier alpha value is -3.21. The lowest BCUT2D eigenvalue weighted by Gasteiger charge is -2.12. The first-order valence-electron chi connectivity index (χ1n) is 7.75. The molecule has 2 N–H and O–H groups in total. The number of ketones is 1. The van der Waals surface area contributed by atoms with Crippen molar-refractivity contribution in [2.24, 2.45) is 0 Å². The lowest BCUT2D eigenvalue weighted by Crippen LogP contribution is -2.14. The van der Waals surface area contributed by atoms with Gasteiger partial charge in [-0.3, -0.25) is 9.59 Å². The molecule has 0 atom stereocenters. The molecule has 0 aliphatic heterocycles. The highest BCUT2D eigenvalue weighted by atomic mass is 16.4. The summed E-state index contributed by atoms with van der Waals surface area (Å²) >= 11 is 0. The van der Waals surface area contributed by atoms with Crippen molar-refractivity contribution in [3.8, 4) is 0 Å². The minimum absolute atomic E-state index is 0.131. The first-order valence-corrected chi connectivity index (χ1v) is 7.75. The number of carbonyl (C=O) groups is 3. The zero-order valence-corrected chi connectivity index (χ0v) is 13.5. The second-order valence-electron chi connectivity index (χ2n) is 5.59. The molecule has 0 aromatic heterocycles. The van der Waals surface area contributed by atoms with Gasteiger partial charge in [0.15, 0.2) is 5.78 Å². The van der Waals surface area contributed by atoms with Crippen LogP contribution >= 0.6 is 0 Å². The van der Waals surface area contributed by atoms with Gasteiger partial charge >= 0.3 is 11.9 Å². The van der Waals surface area contributed by atoms with E-state index >= 15 is 0 Å². The Bertz CT molecular complexity index is 791. The number of carboxylic acids is 2. The summed E-state index contributed by atoms with van der Waals surface area (Å²) in [7, 11) is 0. The number of hydrogen-bond acceptors (Lipinski definition) is 3. The quantitative estimate of drug-likeness (QED) is 0.569. The number of aliphatic carboxylic acids is 2. The molecule has 0 bridgehead atoms. The summed E-state index contributed by atoms with van der Waals surface area (Å²) in [6.45, 7) is 0. The maximum atomic E-state index is 12.5. The number of hydrogen-bond donors (Lipinski definition) is 2. The van der Waals surface area contributed by atoms with Crippen LogP contribution in [0, 0.1) is 0 Å². The third-order valence-electron chi connectivity index (χ3n) is 3.74. The lowest BCUT2D eigenvalue weighted by atomic mass is 9.92. The number of rotatable bonds is 8. The molecule has 0 fully saturated rings. The molecule has 0 aliphatic carbocycles. The fourth-order valence-electron chi connectivity index (χ4n) is 2.54. The summed E-state index contributed by atoms with van der Waals surface area (Å²) in [6.07, 6.45) is -0.540. The molecule has 25 heavy (non-hydrogen) atoms. The SMILES string of the molecule is O=C(O)CC(C(=O)O)=C(CC(=O)c1ccccc1)Cc1ccccc1. The van der Waals surface area contributed by atoms with Crippen LogP contribution in [-0.2, 0) is 16.0 Å². The van der Waals surface area contributed by atoms with E-state index in [4.69, 9.17) is 5.11 Å². The Balaban J connectivity index is 2.38. The molecule has 0 unspecified atom stereocenters. The summed E-state index contributed by atoms with van der Waals surface area (Å²) in [6, 6.07) is 17.6. The number of benzene rings is 2. The highest BCUT2D eigenvalue weighted by Crippen LogP contribution is 2.21. The van der Waals surface area contributed by atoms with Crippen molar-refractivity contribution < 1.29 is 24.6 Å². The average molecular weight is 338 g/mol. The van der Waals surface area contributed by atoms with E-state index in [2.05, 4.69) is 0 Å². The van der Waals surface area contributed by atoms with E-state index in [1.54, 1.807) is 30.3 Å². The van der Waals surface area contributed by atoms with E-state index < -0.39 is 18.4 Å². The van der Waals surface area contributed by atoms with Crippen LogP contribution in [0.3, 0.4) is 0 Å². The summed E-state index contributed by atoms with van der Waals surface area (Å²) in [5.41, 5.74) is 1.37. The number of carboxylic acid groups (broad SMARTS) is 2. The van der Waals surface area contributed by atoms with Gasteiger partial charge in [0.1, 0.15) is 0 Å². The number of carbonyl (C=O) groups excluding carboxylic acids is 1. The van der Waals surface area contributed by atoms with Crippen LogP contribution in [0.15, 0.2) is 71.8 Å². The predicted octanol–water partition coefficient (Wildman–Crippen LogP) is 3.36. The second-order valence-corrected chi connectivity index (χ2v) is 5.59. The Morgan fingerprint density at radius 1 is 0.760 bits per heavy atom. The van der Waals surface area contributed by atoms with E-state index in [-0.39, 0.29) is 24.2 Å². The van der Waals surface area contributed by atoms with Gasteiger partial charge in [-0.15, -0.1) is 0 Å². The van der Waals surface area contributed by atoms with Crippen LogP contribution in [0.1, 0.15) is 28.8 Å². The third-order valence-corrected chi connectivity index (χ3v) is 3.74. The zero-order chi connectivity index (χ0) is 18.2. The number of Topliss-reactive ketones (excluding diaryl/α,β-unsaturated/α-hetero) is 1. The molecule has 0 spiro atoms. The summed E-state index contributed by atoms with van der Waals surface area (Å²) < 4.78 is 0. The van der Waals surface area contributed by atoms with Crippen molar-refractivity contribution >= 4 is 17.7 Å². The molecular formula is C20H18O5. The molecule has 0 amide bonds. The normalized spacial score (nSPS) is 11.5. The van der Waals surface area contributed by atoms with Crippen molar-refractivity contribution in [3.63, 3.8) is 0 Å². The van der Waals surface area contributed by atoms with E-state index in [0.717, 1.165) is 5.56 Å². The molecule has 0 aliphatic rings. The Kier molecular flexibility index (Phi) is 6.23. The topological polar surface area (TPSA) is 91.7 Å². The smallest absolute Gasteiger partial charge is 0.332 e. The molecular weight excluding hydrogens is 320 g/mol. The maximum absolute atomic E-state index is 12.5. The van der Waals surface area contributed by atoms with Gasteiger partial charge in [-0.05, 0) is 17.6 Å². The van der Waals surface area contributed by atoms with Gasteiger partial charge in [0.2, 0.25) is 0 Å². The molecule has 0 saturated heterocycles. The van der Waals surface area contributed by atoms with Crippen LogP contribution in [-0.4, -0.2) is 27.9 Å². The molecule has 2 rings (SSSR count). The van der Waals surface area contributed by atoms with Gasteiger partial charge in [-0.2, -0.15) is 0 Å². The van der Waals surface area contributed by atoms with Crippen LogP contribution in [0.4, 0.5) is 0 Å². The van der Waals surface area contributed by atoms with Crippen molar-refractivity contribution in [1.82, 2.24) is 0 Å². The van der Waals surface area contributed by atoms with Crippen LogP contribution in [0.5, 0.6) is 0 Å². The fraction of sp³-hybridized carbons (Fsp3) is 0.150. The lowest BCUT2D eigenvalue weighted by molar-refractivity contribution is -0.139. The molecule has 2 aromatic rings. The minimum Gasteiger partial charge on any atom is -0.481 e. The molecule has 0 saturated carbocycles. The molecule has 5 nitrogen and oxygen atoms in total. The van der Waals surface area contributed by atoms with Crippen molar-refractivity contribution in [1.29, 1.82) is 0 Å². The van der Waals surface area contributed by atoms with Gasteiger partial charge in [0.05, 0.1) is 6.42 Å². The largest absolute Gasteiger partial charge is 0.481 e. The molecule has 0 radical (unpaired) electrons. The first-order chi connectivity index (χ1) is 12.0. The van der Waals surface area contributed by atoms with Crippen LogP contribution in [0.25, 0.3) is 0 Å². The van der Waals surface area contributed by atoms with Gasteiger partial charge in [0.25, 0.3) is 0 Å². The van der Waals surface area contributed by atoms with Gasteiger partial charge in [0, 0.05) is 17.6 Å². The van der Waals surface area contributed by atoms with Crippen LogP contribution in [0.2, 0.25) is 0 Å². The fourth-order valence-corrected chi connectivity index (χ4v) is 2.54. The van der Waals surface area contributed by atoms with Crippen molar-refractivity contribution in [2.45, 2.75) is 19.3 Å². The van der Waals surface area contributed by atoms with Gasteiger partial charge < -0.3 is 10.2 Å². The molecule has 128 valence electrons. The van der Waals surface area contributed by atoms with Gasteiger partial charge in [-0.1, -0.05) is 60.7 Å². The average Bonchev–Trinajstić information content (AvgIpc) is 2.60. The monoisotopic (exact) mass is 338 g/mol. The third kappa shape index (κ3) is 5.42. The van der Waals surface area contributed by atoms with E-state index in [9.17, 15) is 19.5 Å². The standard InChI is InChI=1S/C20H18O5/c21-18(15-9-5-2-6-10-15)12-16(11-14-7-3-1-4-8-14)17(20(24)25)13-19(22)23/h1-10H,11-13H2,(H,22,23)(H,24,25). The summed E-state index contributed by atoms with van der Waals surface area (Å²) in [5, 5.41) is 18.4. The summed E-state index contributed by atoms with van der Waals surface area (Å²) in [4.78, 5) is 35.1. The van der Waals surface area contributed by atoms with Gasteiger partial charge in [-0.25, -0.2) is 4.79 Å². The zero-order valence-electron chi connectivity index (χ0n) is 13.5. The van der Waals surface area contributed by atoms with Crippen LogP contribution < -0.4 is 0 Å². The second kappa shape index (κ2) is 8.59. The minimum atomic E-state index is -1.31. The summed E-state index contributed by atoms with van der Waals surface area (Å²) in [5.74, 6) is -2.79. The highest BCUT2D eigenvalue weighted by molar-refractivity contribution is 6.00. The van der Waals surface area contributed by atoms with Crippen molar-refractivity contribution in [3.05, 3.63) is 82.9 Å². The Morgan fingerprint density at radius 3 is 1.84 bits per heavy atom. The highest BCUT2D eigenvalue weighted by Gasteiger charge is 2.20. The van der Waals surface area contributed by atoms with E-state index in [1.807, 2.05) is 30.3 Å². The first kappa shape index (κ1) is 18.1. The predicted molar refractivity (Wildman–Crippen MR) is 92.5 cm³/mol. The molecule has 0 heterocycles. The van der Waals surface area contributed by atoms with Crippen molar-refractivity contribution in [2.75, 3.05) is 0 Å². The molecule has 2 aromatic carbocycles. The van der Waals surface area contributed by atoms with E-state index in [1.165, 1.54) is 0 Å². The Morgan fingerprint density at radius 2 is 1.32 bits per heavy atom. The Labute approximate surface area is 145 Å². The number of allylic oxidation sites excluding steroid dienone is 1. The maximum Gasteiger partial charge on any atom is 0.332 e. The molecule has 5 heteroatoms. The van der Waals surface area contributed by atoms with E-state index in [0.29, 0.717) is 11.1 Å².